The lowest BCUT2D eigenvalue weighted by atomic mass is 10.1. The molecule has 6 nitrogen and oxygen atoms in total. The van der Waals surface area contributed by atoms with E-state index in [4.69, 9.17) is 5.11 Å². The minimum absolute atomic E-state index is 0.0384. The van der Waals surface area contributed by atoms with Gasteiger partial charge in [0.05, 0.1) is 23.4 Å². The van der Waals surface area contributed by atoms with E-state index >= 15 is 0 Å². The average Bonchev–Trinajstić information content (AvgIpc) is 2.76. The number of carboxylic acids is 1. The van der Waals surface area contributed by atoms with E-state index in [0.717, 1.165) is 19.5 Å². The number of hydrogen-bond acceptors (Lipinski definition) is 4. The van der Waals surface area contributed by atoms with Gasteiger partial charge in [-0.15, -0.1) is 0 Å². The maximum atomic E-state index is 11.9. The van der Waals surface area contributed by atoms with Gasteiger partial charge < -0.3 is 15.3 Å². The molecule has 2 rings (SSSR count). The van der Waals surface area contributed by atoms with Crippen molar-refractivity contribution in [2.45, 2.75) is 6.42 Å². The largest absolute Gasteiger partial charge is 0.478 e. The van der Waals surface area contributed by atoms with Crippen molar-refractivity contribution in [3.63, 3.8) is 0 Å². The fourth-order valence-electron chi connectivity index (χ4n) is 2.02. The van der Waals surface area contributed by atoms with Gasteiger partial charge in [-0.3, -0.25) is 9.78 Å². The lowest BCUT2D eigenvalue weighted by Crippen LogP contribution is -2.25. The zero-order valence-electron chi connectivity index (χ0n) is 10.1. The quantitative estimate of drug-likeness (QED) is 0.822. The summed E-state index contributed by atoms with van der Waals surface area (Å²) in [5.41, 5.74) is 0.491. The Bertz CT molecular complexity index is 475. The SMILES string of the molecule is CN1CCC(C(=O)Nc2cncc(C(=O)O)c2)C1. The molecule has 0 bridgehead atoms. The van der Waals surface area contributed by atoms with Crippen LogP contribution in [-0.4, -0.2) is 47.0 Å². The molecule has 2 heterocycles. The van der Waals surface area contributed by atoms with Crippen LogP contribution in [0.15, 0.2) is 18.5 Å². The van der Waals surface area contributed by atoms with Crippen molar-refractivity contribution >= 4 is 17.6 Å². The summed E-state index contributed by atoms with van der Waals surface area (Å²) in [4.78, 5) is 28.6. The maximum Gasteiger partial charge on any atom is 0.337 e. The molecule has 2 N–H and O–H groups in total. The first kappa shape index (κ1) is 12.5. The van der Waals surface area contributed by atoms with Gasteiger partial charge in [-0.25, -0.2) is 4.79 Å². The molecule has 1 saturated heterocycles. The highest BCUT2D eigenvalue weighted by Crippen LogP contribution is 2.17. The van der Waals surface area contributed by atoms with E-state index in [-0.39, 0.29) is 17.4 Å². The molecular weight excluding hydrogens is 234 g/mol. The van der Waals surface area contributed by atoms with Gasteiger partial charge in [0.25, 0.3) is 0 Å². The van der Waals surface area contributed by atoms with E-state index in [1.807, 2.05) is 7.05 Å². The van der Waals surface area contributed by atoms with Gasteiger partial charge in [0, 0.05) is 12.7 Å². The third-order valence-corrected chi connectivity index (χ3v) is 3.01. The van der Waals surface area contributed by atoms with E-state index in [0.29, 0.717) is 5.69 Å². The van der Waals surface area contributed by atoms with Crippen molar-refractivity contribution in [2.75, 3.05) is 25.5 Å². The molecule has 1 fully saturated rings. The lowest BCUT2D eigenvalue weighted by molar-refractivity contribution is -0.119. The zero-order valence-corrected chi connectivity index (χ0v) is 10.1. The first-order chi connectivity index (χ1) is 8.56. The molecule has 18 heavy (non-hydrogen) atoms. The second-order valence-electron chi connectivity index (χ2n) is 4.50. The molecule has 0 radical (unpaired) electrons. The summed E-state index contributed by atoms with van der Waals surface area (Å²) in [7, 11) is 1.97. The predicted octanol–water partition coefficient (Wildman–Crippen LogP) is 0.670. The molecule has 1 unspecified atom stereocenters. The Kier molecular flexibility index (Phi) is 3.57. The number of aromatic carboxylic acids is 1. The average molecular weight is 249 g/mol. The number of anilines is 1. The van der Waals surface area contributed by atoms with Gasteiger partial charge in [0.1, 0.15) is 0 Å². The van der Waals surface area contributed by atoms with Crippen LogP contribution < -0.4 is 5.32 Å². The van der Waals surface area contributed by atoms with Crippen molar-refractivity contribution in [3.8, 4) is 0 Å². The Morgan fingerprint density at radius 1 is 1.50 bits per heavy atom. The Balaban J connectivity index is 2.03. The lowest BCUT2D eigenvalue weighted by Gasteiger charge is -2.11. The van der Waals surface area contributed by atoms with Crippen LogP contribution in [0.2, 0.25) is 0 Å². The summed E-state index contributed by atoms with van der Waals surface area (Å²) in [6.45, 7) is 1.64. The Morgan fingerprint density at radius 2 is 2.28 bits per heavy atom. The van der Waals surface area contributed by atoms with Crippen molar-refractivity contribution < 1.29 is 14.7 Å². The van der Waals surface area contributed by atoms with Gasteiger partial charge in [-0.2, -0.15) is 0 Å². The smallest absolute Gasteiger partial charge is 0.337 e. The number of carboxylic acid groups (broad SMARTS) is 1. The maximum absolute atomic E-state index is 11.9. The predicted molar refractivity (Wildman–Crippen MR) is 65.4 cm³/mol. The summed E-state index contributed by atoms with van der Waals surface area (Å²) in [6.07, 6.45) is 3.53. The van der Waals surface area contributed by atoms with Crippen molar-refractivity contribution in [3.05, 3.63) is 24.0 Å². The fourth-order valence-corrected chi connectivity index (χ4v) is 2.02. The van der Waals surface area contributed by atoms with Crippen LogP contribution in [0.5, 0.6) is 0 Å². The summed E-state index contributed by atoms with van der Waals surface area (Å²) >= 11 is 0. The number of hydrogen-bond donors (Lipinski definition) is 2. The first-order valence-corrected chi connectivity index (χ1v) is 5.74. The molecule has 0 saturated carbocycles. The molecule has 1 aliphatic rings. The molecule has 1 atom stereocenters. The molecule has 1 aliphatic heterocycles. The number of amides is 1. The molecule has 0 spiro atoms. The molecule has 1 aromatic heterocycles. The van der Waals surface area contributed by atoms with Gasteiger partial charge in [-0.05, 0) is 26.1 Å². The van der Waals surface area contributed by atoms with Crippen LogP contribution in [-0.2, 0) is 4.79 Å². The van der Waals surface area contributed by atoms with Crippen molar-refractivity contribution in [1.82, 2.24) is 9.88 Å². The monoisotopic (exact) mass is 249 g/mol. The van der Waals surface area contributed by atoms with Crippen LogP contribution in [0.4, 0.5) is 5.69 Å². The molecule has 96 valence electrons. The third kappa shape index (κ3) is 2.84. The van der Waals surface area contributed by atoms with Crippen LogP contribution >= 0.6 is 0 Å². The molecule has 1 aromatic rings. The second kappa shape index (κ2) is 5.14. The molecule has 0 aliphatic carbocycles. The van der Waals surface area contributed by atoms with Gasteiger partial charge in [0.2, 0.25) is 5.91 Å². The normalized spacial score (nSPS) is 19.7. The topological polar surface area (TPSA) is 82.5 Å². The Labute approximate surface area is 105 Å². The standard InChI is InChI=1S/C12H15N3O3/c1-15-3-2-8(7-15)11(16)14-10-4-9(12(17)18)5-13-6-10/h4-6,8H,2-3,7H2,1H3,(H,14,16)(H,17,18). The second-order valence-corrected chi connectivity index (χ2v) is 4.50. The Hall–Kier alpha value is -1.95. The minimum atomic E-state index is -1.06. The van der Waals surface area contributed by atoms with E-state index in [1.54, 1.807) is 0 Å². The minimum Gasteiger partial charge on any atom is -0.478 e. The number of carbonyl (C=O) groups excluding carboxylic acids is 1. The van der Waals surface area contributed by atoms with Crippen LogP contribution in [0.3, 0.4) is 0 Å². The highest BCUT2D eigenvalue weighted by Gasteiger charge is 2.26. The van der Waals surface area contributed by atoms with Crippen molar-refractivity contribution in [1.29, 1.82) is 0 Å². The number of nitrogens with zero attached hydrogens (tertiary/aromatic N) is 2. The number of aromatic nitrogens is 1. The molecule has 0 aromatic carbocycles. The zero-order chi connectivity index (χ0) is 13.1. The molecule has 1 amide bonds. The molecular formula is C12H15N3O3. The molecule has 6 heteroatoms. The van der Waals surface area contributed by atoms with Gasteiger partial charge in [0.15, 0.2) is 0 Å². The van der Waals surface area contributed by atoms with Gasteiger partial charge >= 0.3 is 5.97 Å². The number of pyridine rings is 1. The highest BCUT2D eigenvalue weighted by atomic mass is 16.4. The number of carbonyl (C=O) groups is 2. The number of likely N-dealkylation sites (tertiary alicyclic amines) is 1. The van der Waals surface area contributed by atoms with Crippen LogP contribution in [0.1, 0.15) is 16.8 Å². The summed E-state index contributed by atoms with van der Waals surface area (Å²) in [6, 6.07) is 1.41. The number of rotatable bonds is 3. The summed E-state index contributed by atoms with van der Waals surface area (Å²) in [5, 5.41) is 11.5. The van der Waals surface area contributed by atoms with Crippen LogP contribution in [0, 0.1) is 5.92 Å². The number of nitrogens with one attached hydrogen (secondary N) is 1. The van der Waals surface area contributed by atoms with Crippen molar-refractivity contribution in [2.24, 2.45) is 5.92 Å². The third-order valence-electron chi connectivity index (χ3n) is 3.01. The van der Waals surface area contributed by atoms with Gasteiger partial charge in [-0.1, -0.05) is 0 Å². The fraction of sp³-hybridized carbons (Fsp3) is 0.417. The van der Waals surface area contributed by atoms with E-state index in [1.165, 1.54) is 18.5 Å². The summed E-state index contributed by atoms with van der Waals surface area (Å²) < 4.78 is 0. The first-order valence-electron chi connectivity index (χ1n) is 5.74. The van der Waals surface area contributed by atoms with E-state index in [2.05, 4.69) is 15.2 Å². The highest BCUT2D eigenvalue weighted by molar-refractivity contribution is 5.94. The van der Waals surface area contributed by atoms with E-state index in [9.17, 15) is 9.59 Å². The van der Waals surface area contributed by atoms with E-state index < -0.39 is 5.97 Å². The van der Waals surface area contributed by atoms with Crippen LogP contribution in [0.25, 0.3) is 0 Å². The Morgan fingerprint density at radius 3 is 2.89 bits per heavy atom. The summed E-state index contributed by atoms with van der Waals surface area (Å²) in [5.74, 6) is -1.17.